The van der Waals surface area contributed by atoms with E-state index in [1.54, 1.807) is 31.4 Å². The van der Waals surface area contributed by atoms with Crippen molar-refractivity contribution in [3.8, 4) is 5.75 Å². The van der Waals surface area contributed by atoms with Gasteiger partial charge >= 0.3 is 5.37 Å². The van der Waals surface area contributed by atoms with Crippen molar-refractivity contribution in [1.82, 2.24) is 4.90 Å². The minimum atomic E-state index is -0.665. The molecule has 3 aromatic carbocycles. The van der Waals surface area contributed by atoms with Gasteiger partial charge in [-0.05, 0) is 64.7 Å². The van der Waals surface area contributed by atoms with Gasteiger partial charge in [0.2, 0.25) is 0 Å². The summed E-state index contributed by atoms with van der Waals surface area (Å²) in [4.78, 5) is 19.4. The highest BCUT2D eigenvalue weighted by molar-refractivity contribution is 6.64. The number of aliphatic imine (C=N–C) groups is 1. The monoisotopic (exact) mass is 530 g/mol. The number of nitrogens with zero attached hydrogens (tertiary/aromatic N) is 2. The lowest BCUT2D eigenvalue weighted by atomic mass is 9.85. The van der Waals surface area contributed by atoms with Crippen LogP contribution < -0.4 is 4.74 Å². The van der Waals surface area contributed by atoms with Crippen LogP contribution in [-0.4, -0.2) is 34.9 Å². The molecule has 1 aliphatic heterocycles. The highest BCUT2D eigenvalue weighted by Crippen LogP contribution is 2.45. The molecule has 0 radical (unpaired) electrons. The standard InChI is InChI=1S/C27H25Cl3N2O3/c1-27(2,15-33)18-8-13-21(22(14-18)35-3)25-31-23(16-4-9-19(28)10-5-16)24(32(25)26(30)34)17-6-11-20(29)12-7-17/h4-14,23-24,33H,15H2,1-3H3/t23-,24+/m0/s1. The molecule has 0 bridgehead atoms. The number of amides is 1. The maximum atomic E-state index is 12.9. The lowest BCUT2D eigenvalue weighted by Crippen LogP contribution is -2.34. The van der Waals surface area contributed by atoms with E-state index < -0.39 is 22.9 Å². The number of aliphatic hydroxyl groups is 1. The van der Waals surface area contributed by atoms with Crippen LogP contribution in [0.5, 0.6) is 5.75 Å². The van der Waals surface area contributed by atoms with Crippen molar-refractivity contribution >= 4 is 46.0 Å². The molecule has 182 valence electrons. The molecule has 35 heavy (non-hydrogen) atoms. The third-order valence-corrected chi connectivity index (χ3v) is 6.98. The minimum absolute atomic E-state index is 0.0278. The van der Waals surface area contributed by atoms with Crippen LogP contribution in [0.15, 0.2) is 71.7 Å². The molecule has 0 aromatic heterocycles. The number of benzene rings is 3. The number of carbonyl (C=O) groups excluding carboxylic acids is 1. The van der Waals surface area contributed by atoms with E-state index in [1.165, 1.54) is 4.90 Å². The smallest absolute Gasteiger partial charge is 0.322 e. The van der Waals surface area contributed by atoms with Crippen molar-refractivity contribution in [2.75, 3.05) is 13.7 Å². The molecule has 0 saturated heterocycles. The van der Waals surface area contributed by atoms with Crippen molar-refractivity contribution in [2.24, 2.45) is 4.99 Å². The van der Waals surface area contributed by atoms with Gasteiger partial charge in [0.1, 0.15) is 17.6 Å². The molecular weight excluding hydrogens is 507 g/mol. The fraction of sp³-hybridized carbons (Fsp3) is 0.259. The maximum absolute atomic E-state index is 12.9. The van der Waals surface area contributed by atoms with E-state index in [4.69, 9.17) is 44.5 Å². The Morgan fingerprint density at radius 1 is 1.00 bits per heavy atom. The van der Waals surface area contributed by atoms with Crippen LogP contribution >= 0.6 is 34.8 Å². The number of amidine groups is 1. The summed E-state index contributed by atoms with van der Waals surface area (Å²) < 4.78 is 5.70. The summed E-state index contributed by atoms with van der Waals surface area (Å²) in [5, 5.41) is 10.3. The molecule has 0 spiro atoms. The van der Waals surface area contributed by atoms with Gasteiger partial charge in [0, 0.05) is 15.5 Å². The fourth-order valence-corrected chi connectivity index (χ4v) is 4.66. The van der Waals surface area contributed by atoms with Crippen LogP contribution in [0.3, 0.4) is 0 Å². The van der Waals surface area contributed by atoms with Crippen molar-refractivity contribution in [3.63, 3.8) is 0 Å². The first-order chi connectivity index (χ1) is 16.7. The topological polar surface area (TPSA) is 62.1 Å². The van der Waals surface area contributed by atoms with Crippen LogP contribution in [0.4, 0.5) is 4.79 Å². The van der Waals surface area contributed by atoms with Gasteiger partial charge in [-0.15, -0.1) is 0 Å². The quantitative estimate of drug-likeness (QED) is 0.271. The van der Waals surface area contributed by atoms with E-state index in [0.29, 0.717) is 27.2 Å². The molecule has 3 aromatic rings. The first-order valence-corrected chi connectivity index (χ1v) is 12.2. The third kappa shape index (κ3) is 5.05. The predicted molar refractivity (Wildman–Crippen MR) is 141 cm³/mol. The molecule has 0 unspecified atom stereocenters. The van der Waals surface area contributed by atoms with Crippen molar-refractivity contribution in [2.45, 2.75) is 31.3 Å². The molecule has 1 amide bonds. The van der Waals surface area contributed by atoms with Gasteiger partial charge in [-0.3, -0.25) is 14.7 Å². The molecule has 2 atom stereocenters. The molecular formula is C27H25Cl3N2O3. The Kier molecular flexibility index (Phi) is 7.43. The first kappa shape index (κ1) is 25.5. The highest BCUT2D eigenvalue weighted by Gasteiger charge is 2.42. The summed E-state index contributed by atoms with van der Waals surface area (Å²) in [6.45, 7) is 3.85. The average molecular weight is 532 g/mol. The highest BCUT2D eigenvalue weighted by atomic mass is 35.5. The number of ether oxygens (including phenoxy) is 1. The van der Waals surface area contributed by atoms with Crippen molar-refractivity contribution in [1.29, 1.82) is 0 Å². The van der Waals surface area contributed by atoms with Crippen molar-refractivity contribution in [3.05, 3.63) is 99.0 Å². The number of halogens is 3. The Morgan fingerprint density at radius 3 is 2.09 bits per heavy atom. The summed E-state index contributed by atoms with van der Waals surface area (Å²) in [6, 6.07) is 19.3. The summed E-state index contributed by atoms with van der Waals surface area (Å²) in [7, 11) is 1.56. The molecule has 4 rings (SSSR count). The zero-order valence-electron chi connectivity index (χ0n) is 19.5. The van der Waals surface area contributed by atoms with Gasteiger partial charge in [-0.1, -0.05) is 67.4 Å². The Hall–Kier alpha value is -2.57. The van der Waals surface area contributed by atoms with Gasteiger partial charge in [-0.2, -0.15) is 0 Å². The number of methoxy groups -OCH3 is 1. The molecule has 5 nitrogen and oxygen atoms in total. The average Bonchev–Trinajstić information content (AvgIpc) is 3.25. The summed E-state index contributed by atoms with van der Waals surface area (Å²) in [5.41, 5.74) is 2.76. The van der Waals surface area contributed by atoms with Gasteiger partial charge in [0.25, 0.3) is 0 Å². The van der Waals surface area contributed by atoms with E-state index in [-0.39, 0.29) is 6.61 Å². The minimum Gasteiger partial charge on any atom is -0.496 e. The van der Waals surface area contributed by atoms with Gasteiger partial charge in [-0.25, -0.2) is 0 Å². The molecule has 1 aliphatic rings. The predicted octanol–water partition coefficient (Wildman–Crippen LogP) is 7.18. The van der Waals surface area contributed by atoms with Gasteiger partial charge in [0.05, 0.1) is 25.3 Å². The number of carbonyl (C=O) groups is 1. The molecule has 0 fully saturated rings. The van der Waals surface area contributed by atoms with Gasteiger partial charge < -0.3 is 9.84 Å². The van der Waals surface area contributed by atoms with Crippen LogP contribution in [0.1, 0.15) is 48.2 Å². The number of aliphatic hydroxyl groups excluding tert-OH is 1. The molecule has 8 heteroatoms. The van der Waals surface area contributed by atoms with Crippen LogP contribution in [0.25, 0.3) is 0 Å². The van der Waals surface area contributed by atoms with E-state index >= 15 is 0 Å². The Balaban J connectivity index is 1.90. The van der Waals surface area contributed by atoms with E-state index in [0.717, 1.165) is 16.7 Å². The third-order valence-electron chi connectivity index (χ3n) is 6.30. The first-order valence-electron chi connectivity index (χ1n) is 11.0. The SMILES string of the molecule is COc1cc(C(C)(C)CO)ccc1C1=N[C@@H](c2ccc(Cl)cc2)[C@@H](c2ccc(Cl)cc2)N1C(=O)Cl. The van der Waals surface area contributed by atoms with Crippen LogP contribution in [0.2, 0.25) is 10.0 Å². The fourth-order valence-electron chi connectivity index (χ4n) is 4.23. The second-order valence-corrected chi connectivity index (χ2v) is 10.2. The molecule has 0 saturated carbocycles. The molecule has 1 heterocycles. The summed E-state index contributed by atoms with van der Waals surface area (Å²) in [6.07, 6.45) is 0. The maximum Gasteiger partial charge on any atom is 0.322 e. The lowest BCUT2D eigenvalue weighted by Gasteiger charge is -2.28. The van der Waals surface area contributed by atoms with E-state index in [9.17, 15) is 9.90 Å². The molecule has 0 aliphatic carbocycles. The Morgan fingerprint density at radius 2 is 1.57 bits per heavy atom. The number of hydrogen-bond donors (Lipinski definition) is 1. The Bertz CT molecular complexity index is 1260. The zero-order valence-corrected chi connectivity index (χ0v) is 21.8. The zero-order chi connectivity index (χ0) is 25.3. The number of hydrogen-bond acceptors (Lipinski definition) is 4. The van der Waals surface area contributed by atoms with Gasteiger partial charge in [0.15, 0.2) is 0 Å². The van der Waals surface area contributed by atoms with Crippen LogP contribution in [0, 0.1) is 0 Å². The lowest BCUT2D eigenvalue weighted by molar-refractivity contribution is 0.218. The number of rotatable bonds is 6. The second-order valence-electron chi connectivity index (χ2n) is 9.03. The largest absolute Gasteiger partial charge is 0.496 e. The van der Waals surface area contributed by atoms with Crippen LogP contribution in [-0.2, 0) is 5.41 Å². The van der Waals surface area contributed by atoms with E-state index in [1.807, 2.05) is 56.3 Å². The second kappa shape index (κ2) is 10.2. The normalized spacial score (nSPS) is 17.9. The summed E-state index contributed by atoms with van der Waals surface area (Å²) in [5.74, 6) is 0.924. The summed E-state index contributed by atoms with van der Waals surface area (Å²) >= 11 is 18.4. The van der Waals surface area contributed by atoms with Crippen molar-refractivity contribution < 1.29 is 14.6 Å². The molecule has 1 N–H and O–H groups in total. The van der Waals surface area contributed by atoms with E-state index in [2.05, 4.69) is 0 Å². The Labute approximate surface area is 219 Å².